The van der Waals surface area contributed by atoms with Crippen molar-refractivity contribution in [2.75, 3.05) is 13.7 Å². The number of aliphatic carboxylic acids is 1. The fourth-order valence-corrected chi connectivity index (χ4v) is 1.90. The average Bonchev–Trinajstić information content (AvgIpc) is 2.44. The lowest BCUT2D eigenvalue weighted by molar-refractivity contribution is -0.138. The largest absolute Gasteiger partial charge is 0.493 e. The van der Waals surface area contributed by atoms with E-state index < -0.39 is 12.0 Å². The third-order valence-electron chi connectivity index (χ3n) is 3.03. The fraction of sp³-hybridized carbons (Fsp3) is 0.533. The van der Waals surface area contributed by atoms with Crippen molar-refractivity contribution in [3.05, 3.63) is 23.8 Å². The number of carbonyl (C=O) groups is 1. The van der Waals surface area contributed by atoms with Crippen molar-refractivity contribution in [3.8, 4) is 11.5 Å². The van der Waals surface area contributed by atoms with Gasteiger partial charge in [0.2, 0.25) is 0 Å². The summed E-state index contributed by atoms with van der Waals surface area (Å²) in [6, 6.07) is 4.48. The molecule has 20 heavy (non-hydrogen) atoms. The smallest absolute Gasteiger partial charge is 0.320 e. The van der Waals surface area contributed by atoms with Crippen LogP contribution < -0.4 is 15.2 Å². The van der Waals surface area contributed by atoms with Crippen LogP contribution >= 0.6 is 0 Å². The van der Waals surface area contributed by atoms with Crippen molar-refractivity contribution in [1.29, 1.82) is 0 Å². The van der Waals surface area contributed by atoms with Gasteiger partial charge in [-0.15, -0.1) is 0 Å². The summed E-state index contributed by atoms with van der Waals surface area (Å²) in [7, 11) is 1.56. The van der Waals surface area contributed by atoms with Crippen molar-refractivity contribution >= 4 is 5.97 Å². The van der Waals surface area contributed by atoms with E-state index in [9.17, 15) is 4.79 Å². The molecule has 1 unspecified atom stereocenters. The van der Waals surface area contributed by atoms with Crippen LogP contribution in [0.15, 0.2) is 18.2 Å². The molecule has 1 rings (SSSR count). The van der Waals surface area contributed by atoms with Crippen LogP contribution in [0.4, 0.5) is 0 Å². The second kappa shape index (κ2) is 8.43. The molecule has 0 amide bonds. The number of unbranched alkanes of at least 4 members (excludes halogenated alkanes) is 2. The molecule has 0 aliphatic heterocycles. The molecule has 0 radical (unpaired) electrons. The first-order valence-electron chi connectivity index (χ1n) is 6.87. The maximum absolute atomic E-state index is 10.9. The quantitative estimate of drug-likeness (QED) is 0.678. The van der Waals surface area contributed by atoms with Gasteiger partial charge in [0.15, 0.2) is 11.5 Å². The molecular weight excluding hydrogens is 258 g/mol. The van der Waals surface area contributed by atoms with E-state index >= 15 is 0 Å². The van der Waals surface area contributed by atoms with Crippen LogP contribution in [0.25, 0.3) is 0 Å². The van der Waals surface area contributed by atoms with Crippen LogP contribution in [0.3, 0.4) is 0 Å². The summed E-state index contributed by atoms with van der Waals surface area (Å²) >= 11 is 0. The number of ether oxygens (including phenoxy) is 2. The highest BCUT2D eigenvalue weighted by molar-refractivity contribution is 5.73. The summed E-state index contributed by atoms with van der Waals surface area (Å²) < 4.78 is 11.0. The highest BCUT2D eigenvalue weighted by Crippen LogP contribution is 2.32. The van der Waals surface area contributed by atoms with Gasteiger partial charge in [-0.25, -0.2) is 0 Å². The van der Waals surface area contributed by atoms with Gasteiger partial charge in [0.05, 0.1) is 13.7 Å². The van der Waals surface area contributed by atoms with E-state index in [4.69, 9.17) is 20.3 Å². The summed E-state index contributed by atoms with van der Waals surface area (Å²) in [5, 5.41) is 8.91. The van der Waals surface area contributed by atoms with Gasteiger partial charge in [-0.1, -0.05) is 31.9 Å². The minimum Gasteiger partial charge on any atom is -0.493 e. The summed E-state index contributed by atoms with van der Waals surface area (Å²) in [5.41, 5.74) is 6.35. The zero-order chi connectivity index (χ0) is 15.0. The molecule has 0 saturated heterocycles. The maximum Gasteiger partial charge on any atom is 0.320 e. The Bertz CT molecular complexity index is 434. The Morgan fingerprint density at radius 3 is 2.75 bits per heavy atom. The van der Waals surface area contributed by atoms with Crippen molar-refractivity contribution < 1.29 is 19.4 Å². The molecule has 112 valence electrons. The number of para-hydroxylation sites is 1. The van der Waals surface area contributed by atoms with Crippen molar-refractivity contribution in [2.24, 2.45) is 5.73 Å². The number of methoxy groups -OCH3 is 1. The predicted molar refractivity (Wildman–Crippen MR) is 77.3 cm³/mol. The number of nitrogens with two attached hydrogens (primary N) is 1. The van der Waals surface area contributed by atoms with Gasteiger partial charge < -0.3 is 20.3 Å². The molecule has 1 aromatic rings. The molecule has 0 heterocycles. The highest BCUT2D eigenvalue weighted by atomic mass is 16.5. The molecule has 0 aliphatic rings. The zero-order valence-electron chi connectivity index (χ0n) is 12.1. The second-order valence-electron chi connectivity index (χ2n) is 4.65. The van der Waals surface area contributed by atoms with Gasteiger partial charge in [-0.05, 0) is 12.5 Å². The molecule has 0 aromatic heterocycles. The molecule has 0 saturated carbocycles. The van der Waals surface area contributed by atoms with Gasteiger partial charge in [0.25, 0.3) is 0 Å². The lowest BCUT2D eigenvalue weighted by Gasteiger charge is -2.16. The van der Waals surface area contributed by atoms with E-state index in [1.54, 1.807) is 13.2 Å². The Morgan fingerprint density at radius 2 is 2.15 bits per heavy atom. The molecule has 0 fully saturated rings. The number of benzene rings is 1. The minimum atomic E-state index is -1.02. The molecular formula is C15H23NO4. The van der Waals surface area contributed by atoms with Gasteiger partial charge in [0, 0.05) is 12.0 Å². The van der Waals surface area contributed by atoms with E-state index in [0.717, 1.165) is 24.8 Å². The highest BCUT2D eigenvalue weighted by Gasteiger charge is 2.17. The molecule has 0 aliphatic carbocycles. The first kappa shape index (κ1) is 16.3. The number of hydrogen-bond donors (Lipinski definition) is 2. The standard InChI is InChI=1S/C15H23NO4/c1-3-4-5-9-20-14-11(10-12(16)15(17)18)7-6-8-13(14)19-2/h6-8,12H,3-5,9-10,16H2,1-2H3,(H,17,18). The monoisotopic (exact) mass is 281 g/mol. The fourth-order valence-electron chi connectivity index (χ4n) is 1.90. The van der Waals surface area contributed by atoms with Gasteiger partial charge in [-0.2, -0.15) is 0 Å². The van der Waals surface area contributed by atoms with Crippen LogP contribution in [0.2, 0.25) is 0 Å². The Balaban J connectivity index is 2.83. The molecule has 0 bridgehead atoms. The summed E-state index contributed by atoms with van der Waals surface area (Å²) in [6.45, 7) is 2.71. The molecule has 0 spiro atoms. The molecule has 3 N–H and O–H groups in total. The van der Waals surface area contributed by atoms with Gasteiger partial charge >= 0.3 is 5.97 Å². The zero-order valence-corrected chi connectivity index (χ0v) is 12.1. The number of rotatable bonds is 9. The SMILES string of the molecule is CCCCCOc1c(CC(N)C(=O)O)cccc1OC. The van der Waals surface area contributed by atoms with Crippen LogP contribution in [-0.4, -0.2) is 30.8 Å². The lowest BCUT2D eigenvalue weighted by atomic mass is 10.0. The summed E-state index contributed by atoms with van der Waals surface area (Å²) in [5.74, 6) is 0.184. The number of carboxylic acids is 1. The summed E-state index contributed by atoms with van der Waals surface area (Å²) in [6.07, 6.45) is 3.39. The van der Waals surface area contributed by atoms with E-state index in [1.165, 1.54) is 0 Å². The van der Waals surface area contributed by atoms with Crippen molar-refractivity contribution in [2.45, 2.75) is 38.6 Å². The lowest BCUT2D eigenvalue weighted by Crippen LogP contribution is -2.32. The first-order valence-corrected chi connectivity index (χ1v) is 6.87. The van der Waals surface area contributed by atoms with Crippen LogP contribution in [0.1, 0.15) is 31.7 Å². The number of carboxylic acid groups (broad SMARTS) is 1. The molecule has 1 atom stereocenters. The van der Waals surface area contributed by atoms with Gasteiger partial charge in [0.1, 0.15) is 6.04 Å². The molecule has 5 heteroatoms. The summed E-state index contributed by atoms with van der Waals surface area (Å²) in [4.78, 5) is 10.9. The Labute approximate surface area is 119 Å². The predicted octanol–water partition coefficient (Wildman–Crippen LogP) is 2.22. The minimum absolute atomic E-state index is 0.218. The van der Waals surface area contributed by atoms with Gasteiger partial charge in [-0.3, -0.25) is 4.79 Å². The average molecular weight is 281 g/mol. The van der Waals surface area contributed by atoms with E-state index in [0.29, 0.717) is 18.1 Å². The normalized spacial score (nSPS) is 11.9. The Kier molecular flexibility index (Phi) is 6.87. The van der Waals surface area contributed by atoms with E-state index in [2.05, 4.69) is 6.92 Å². The molecule has 1 aromatic carbocycles. The van der Waals surface area contributed by atoms with Crippen LogP contribution in [-0.2, 0) is 11.2 Å². The third-order valence-corrected chi connectivity index (χ3v) is 3.03. The van der Waals surface area contributed by atoms with Crippen LogP contribution in [0.5, 0.6) is 11.5 Å². The topological polar surface area (TPSA) is 81.8 Å². The van der Waals surface area contributed by atoms with Crippen LogP contribution in [0, 0.1) is 0 Å². The third kappa shape index (κ3) is 4.74. The van der Waals surface area contributed by atoms with E-state index in [-0.39, 0.29) is 6.42 Å². The first-order chi connectivity index (χ1) is 9.60. The van der Waals surface area contributed by atoms with Crippen molar-refractivity contribution in [1.82, 2.24) is 0 Å². The van der Waals surface area contributed by atoms with E-state index in [1.807, 2.05) is 12.1 Å². The Morgan fingerprint density at radius 1 is 1.40 bits per heavy atom. The Hall–Kier alpha value is -1.75. The second-order valence-corrected chi connectivity index (χ2v) is 4.65. The van der Waals surface area contributed by atoms with Crippen molar-refractivity contribution in [3.63, 3.8) is 0 Å². The molecule has 5 nitrogen and oxygen atoms in total. The maximum atomic E-state index is 10.9. The number of hydrogen-bond acceptors (Lipinski definition) is 4.